The van der Waals surface area contributed by atoms with E-state index in [0.717, 1.165) is 30.8 Å². The van der Waals surface area contributed by atoms with Crippen LogP contribution in [0.4, 0.5) is 0 Å². The smallest absolute Gasteiger partial charge is 0.229 e. The molecule has 1 aliphatic carbocycles. The van der Waals surface area contributed by atoms with Gasteiger partial charge >= 0.3 is 0 Å². The van der Waals surface area contributed by atoms with Gasteiger partial charge in [-0.15, -0.1) is 0 Å². The lowest BCUT2D eigenvalue weighted by molar-refractivity contribution is -0.136. The van der Waals surface area contributed by atoms with E-state index in [9.17, 15) is 18.0 Å². The van der Waals surface area contributed by atoms with E-state index in [4.69, 9.17) is 4.74 Å². The summed E-state index contributed by atoms with van der Waals surface area (Å²) < 4.78 is 30.9. The van der Waals surface area contributed by atoms with E-state index in [-0.39, 0.29) is 35.2 Å². The Bertz CT molecular complexity index is 847. The van der Waals surface area contributed by atoms with Crippen LogP contribution in [0.3, 0.4) is 0 Å². The largest absolute Gasteiger partial charge is 0.493 e. The fraction of sp³-hybridized carbons (Fsp3) is 0.652. The molecule has 0 bridgehead atoms. The minimum atomic E-state index is -3.15. The Kier molecular flexibility index (Phi) is 7.92. The maximum Gasteiger partial charge on any atom is 0.229 e. The molecule has 1 unspecified atom stereocenters. The quantitative estimate of drug-likeness (QED) is 0.400. The van der Waals surface area contributed by atoms with Crippen molar-refractivity contribution in [1.29, 1.82) is 0 Å². The maximum atomic E-state index is 12.5. The molecule has 1 aromatic carbocycles. The molecule has 30 heavy (non-hydrogen) atoms. The molecule has 166 valence electrons. The van der Waals surface area contributed by atoms with E-state index < -0.39 is 9.84 Å². The van der Waals surface area contributed by atoms with Crippen LogP contribution in [0.2, 0.25) is 0 Å². The monoisotopic (exact) mass is 435 g/mol. The van der Waals surface area contributed by atoms with Crippen LogP contribution in [-0.2, 0) is 19.4 Å². The molecule has 2 aliphatic rings. The van der Waals surface area contributed by atoms with Crippen molar-refractivity contribution in [2.24, 2.45) is 11.8 Å². The van der Waals surface area contributed by atoms with Crippen LogP contribution >= 0.6 is 0 Å². The van der Waals surface area contributed by atoms with E-state index in [1.54, 1.807) is 0 Å². The van der Waals surface area contributed by atoms with Gasteiger partial charge in [-0.05, 0) is 61.6 Å². The summed E-state index contributed by atoms with van der Waals surface area (Å²) in [7, 11) is -3.15. The van der Waals surface area contributed by atoms with E-state index in [2.05, 4.69) is 5.32 Å². The molecule has 1 saturated heterocycles. The molecule has 7 heteroatoms. The first kappa shape index (κ1) is 22.8. The highest BCUT2D eigenvalue weighted by atomic mass is 32.2. The molecule has 1 saturated carbocycles. The first-order valence-electron chi connectivity index (χ1n) is 11.1. The number of piperidine rings is 1. The number of nitrogens with one attached hydrogen (secondary N) is 1. The van der Waals surface area contributed by atoms with E-state index in [1.807, 2.05) is 31.2 Å². The summed E-state index contributed by atoms with van der Waals surface area (Å²) in [5.74, 6) is 1.22. The average molecular weight is 436 g/mol. The third-order valence-corrected chi connectivity index (χ3v) is 7.89. The highest BCUT2D eigenvalue weighted by Gasteiger charge is 2.26. The van der Waals surface area contributed by atoms with Gasteiger partial charge in [0.15, 0.2) is 9.84 Å². The van der Waals surface area contributed by atoms with Crippen molar-refractivity contribution in [3.63, 3.8) is 0 Å². The molecule has 0 spiro atoms. The van der Waals surface area contributed by atoms with Crippen molar-refractivity contribution in [3.8, 4) is 5.75 Å². The standard InChI is InChI=1S/C23H33NO5S/c1-17(20-7-5-8-21(14-20)29-15-18-9-10-18)16-30(27,28)13-4-2-3-6-19-11-12-22(25)24-23(19)26/h5,7-8,14,17-19H,2-4,6,9-13,15-16H2,1H3,(H,24,25,26)/t17-,19?/m0/s1. The third kappa shape index (κ3) is 7.42. The van der Waals surface area contributed by atoms with Gasteiger partial charge in [0.05, 0.1) is 18.1 Å². The van der Waals surface area contributed by atoms with Crippen molar-refractivity contribution >= 4 is 21.7 Å². The van der Waals surface area contributed by atoms with Gasteiger partial charge in [-0.3, -0.25) is 14.9 Å². The molecule has 2 fully saturated rings. The molecule has 0 radical (unpaired) electrons. The van der Waals surface area contributed by atoms with E-state index in [0.29, 0.717) is 31.6 Å². The normalized spacial score (nSPS) is 20.6. The van der Waals surface area contributed by atoms with Crippen molar-refractivity contribution in [1.82, 2.24) is 5.32 Å². The lowest BCUT2D eigenvalue weighted by Crippen LogP contribution is -2.40. The number of hydrogen-bond acceptors (Lipinski definition) is 5. The summed E-state index contributed by atoms with van der Waals surface area (Å²) in [6.07, 6.45) is 6.37. The zero-order chi connectivity index (χ0) is 21.6. The number of amides is 2. The fourth-order valence-electron chi connectivity index (χ4n) is 3.87. The van der Waals surface area contributed by atoms with Crippen LogP contribution in [0, 0.1) is 11.8 Å². The Morgan fingerprint density at radius 2 is 1.93 bits per heavy atom. The third-order valence-electron chi connectivity index (χ3n) is 5.97. The molecule has 1 aliphatic heterocycles. The fourth-order valence-corrected chi connectivity index (χ4v) is 5.64. The first-order chi connectivity index (χ1) is 14.3. The molecule has 6 nitrogen and oxygen atoms in total. The SMILES string of the molecule is C[C@@H](CS(=O)(=O)CCCCCC1CCC(=O)NC1=O)c1cccc(OCC2CC2)c1. The van der Waals surface area contributed by atoms with Gasteiger partial charge in [0.2, 0.25) is 11.8 Å². The number of sulfone groups is 1. The van der Waals surface area contributed by atoms with Gasteiger partial charge < -0.3 is 4.74 Å². The number of imide groups is 1. The van der Waals surface area contributed by atoms with Crippen LogP contribution < -0.4 is 10.1 Å². The molecule has 2 atom stereocenters. The number of ether oxygens (including phenoxy) is 1. The molecular formula is C23H33NO5S. The second-order valence-corrected chi connectivity index (χ2v) is 11.1. The van der Waals surface area contributed by atoms with Crippen LogP contribution in [-0.4, -0.2) is 38.3 Å². The van der Waals surface area contributed by atoms with Gasteiger partial charge in [-0.1, -0.05) is 31.9 Å². The van der Waals surface area contributed by atoms with Gasteiger partial charge in [0.1, 0.15) is 5.75 Å². The number of hydrogen-bond donors (Lipinski definition) is 1. The number of unbranched alkanes of at least 4 members (excludes halogenated alkanes) is 2. The molecule has 1 aromatic rings. The molecular weight excluding hydrogens is 402 g/mol. The molecule has 1 N–H and O–H groups in total. The highest BCUT2D eigenvalue weighted by molar-refractivity contribution is 7.91. The van der Waals surface area contributed by atoms with Crippen molar-refractivity contribution < 1.29 is 22.7 Å². The number of benzene rings is 1. The Hall–Kier alpha value is -1.89. The summed E-state index contributed by atoms with van der Waals surface area (Å²) in [6.45, 7) is 2.69. The van der Waals surface area contributed by atoms with Crippen molar-refractivity contribution in [3.05, 3.63) is 29.8 Å². The number of carbonyl (C=O) groups is 2. The Morgan fingerprint density at radius 1 is 1.13 bits per heavy atom. The predicted octanol–water partition coefficient (Wildman–Crippen LogP) is 3.61. The van der Waals surface area contributed by atoms with E-state index >= 15 is 0 Å². The Morgan fingerprint density at radius 3 is 2.67 bits per heavy atom. The van der Waals surface area contributed by atoms with Gasteiger partial charge in [0, 0.05) is 12.3 Å². The topological polar surface area (TPSA) is 89.5 Å². The second kappa shape index (κ2) is 10.4. The van der Waals surface area contributed by atoms with E-state index in [1.165, 1.54) is 12.8 Å². The summed E-state index contributed by atoms with van der Waals surface area (Å²) in [6, 6.07) is 7.78. The number of rotatable bonds is 12. The van der Waals surface area contributed by atoms with Crippen molar-refractivity contribution in [2.75, 3.05) is 18.1 Å². The van der Waals surface area contributed by atoms with Crippen LogP contribution in [0.1, 0.15) is 69.8 Å². The van der Waals surface area contributed by atoms with Crippen LogP contribution in [0.5, 0.6) is 5.75 Å². The zero-order valence-electron chi connectivity index (χ0n) is 17.8. The van der Waals surface area contributed by atoms with Gasteiger partial charge in [-0.25, -0.2) is 8.42 Å². The molecule has 1 heterocycles. The first-order valence-corrected chi connectivity index (χ1v) is 12.9. The summed E-state index contributed by atoms with van der Waals surface area (Å²) in [5.41, 5.74) is 0.990. The van der Waals surface area contributed by atoms with Gasteiger partial charge in [0.25, 0.3) is 0 Å². The van der Waals surface area contributed by atoms with Crippen LogP contribution in [0.25, 0.3) is 0 Å². The summed E-state index contributed by atoms with van der Waals surface area (Å²) >= 11 is 0. The van der Waals surface area contributed by atoms with Crippen molar-refractivity contribution in [2.45, 2.75) is 64.2 Å². The molecule has 3 rings (SSSR count). The molecule has 0 aromatic heterocycles. The summed E-state index contributed by atoms with van der Waals surface area (Å²) in [4.78, 5) is 22.9. The molecule has 2 amide bonds. The average Bonchev–Trinajstić information content (AvgIpc) is 3.52. The summed E-state index contributed by atoms with van der Waals surface area (Å²) in [5, 5.41) is 2.37. The zero-order valence-corrected chi connectivity index (χ0v) is 18.6. The maximum absolute atomic E-state index is 12.5. The Labute approximate surface area is 179 Å². The lowest BCUT2D eigenvalue weighted by atomic mass is 9.92. The van der Waals surface area contributed by atoms with Crippen LogP contribution in [0.15, 0.2) is 24.3 Å². The minimum Gasteiger partial charge on any atom is -0.493 e. The van der Waals surface area contributed by atoms with Gasteiger partial charge in [-0.2, -0.15) is 0 Å². The number of carbonyl (C=O) groups excluding carboxylic acids is 2. The second-order valence-electron chi connectivity index (χ2n) is 8.84. The minimum absolute atomic E-state index is 0.0806. The highest BCUT2D eigenvalue weighted by Crippen LogP contribution is 2.30. The lowest BCUT2D eigenvalue weighted by Gasteiger charge is -2.20. The predicted molar refractivity (Wildman–Crippen MR) is 116 cm³/mol. The Balaban J connectivity index is 1.37.